The van der Waals surface area contributed by atoms with Gasteiger partial charge in [-0.2, -0.15) is 0 Å². The number of rotatable bonds is 4. The zero-order valence-corrected chi connectivity index (χ0v) is 13.4. The van der Waals surface area contributed by atoms with E-state index in [9.17, 15) is 0 Å². The van der Waals surface area contributed by atoms with E-state index >= 15 is 0 Å². The molecule has 0 saturated carbocycles. The van der Waals surface area contributed by atoms with Crippen molar-refractivity contribution in [2.75, 3.05) is 6.61 Å². The van der Waals surface area contributed by atoms with Crippen LogP contribution in [0.4, 0.5) is 0 Å². The Balaban J connectivity index is 2.88. The lowest BCUT2D eigenvalue weighted by atomic mass is 10.2. The lowest BCUT2D eigenvalue weighted by molar-refractivity contribution is 0.268. The molecule has 0 bridgehead atoms. The third kappa shape index (κ3) is 4.08. The highest BCUT2D eigenvalue weighted by Crippen LogP contribution is 2.35. The average molecular weight is 401 g/mol. The Labute approximate surface area is 116 Å². The van der Waals surface area contributed by atoms with Gasteiger partial charge in [-0.3, -0.25) is 0 Å². The van der Waals surface area contributed by atoms with Crippen LogP contribution >= 0.6 is 47.8 Å². The van der Waals surface area contributed by atoms with E-state index in [2.05, 4.69) is 73.8 Å². The van der Waals surface area contributed by atoms with Gasteiger partial charge in [-0.05, 0) is 55.5 Å². The van der Waals surface area contributed by atoms with Crippen LogP contribution in [0.15, 0.2) is 21.1 Å². The first-order chi connectivity index (χ1) is 7.04. The van der Waals surface area contributed by atoms with Gasteiger partial charge in [0.15, 0.2) is 0 Å². The number of ether oxygens (including phenoxy) is 1. The number of alkyl halides is 1. The predicted molar refractivity (Wildman–Crippen MR) is 74.8 cm³/mol. The zero-order valence-electron chi connectivity index (χ0n) is 8.69. The molecule has 0 aliphatic carbocycles. The highest BCUT2D eigenvalue weighted by atomic mass is 79.9. The molecule has 0 radical (unpaired) electrons. The van der Waals surface area contributed by atoms with Crippen molar-refractivity contribution in [2.45, 2.75) is 19.2 Å². The third-order valence-electron chi connectivity index (χ3n) is 1.77. The van der Waals surface area contributed by atoms with Crippen molar-refractivity contribution < 1.29 is 4.74 Å². The fourth-order valence-electron chi connectivity index (χ4n) is 1.08. The fraction of sp³-hybridized carbons (Fsp3) is 0.455. The number of halogens is 3. The summed E-state index contributed by atoms with van der Waals surface area (Å²) in [5, 5.41) is 0.842. The standard InChI is InChI=1S/C11H13Br3O/c1-7(2)6-15-11-9(13)3-8(5-12)4-10(11)14/h3-4,7H,5-6H2,1-2H3. The van der Waals surface area contributed by atoms with Crippen LogP contribution in [0.3, 0.4) is 0 Å². The van der Waals surface area contributed by atoms with Gasteiger partial charge in [0.2, 0.25) is 0 Å². The van der Waals surface area contributed by atoms with E-state index in [4.69, 9.17) is 4.74 Å². The second-order valence-electron chi connectivity index (χ2n) is 3.73. The van der Waals surface area contributed by atoms with E-state index in [0.717, 1.165) is 26.6 Å². The van der Waals surface area contributed by atoms with Crippen LogP contribution in [-0.2, 0) is 5.33 Å². The van der Waals surface area contributed by atoms with Gasteiger partial charge in [-0.1, -0.05) is 29.8 Å². The second-order valence-corrected chi connectivity index (χ2v) is 6.00. The number of hydrogen-bond donors (Lipinski definition) is 0. The molecule has 1 rings (SSSR count). The first-order valence-electron chi connectivity index (χ1n) is 4.71. The monoisotopic (exact) mass is 398 g/mol. The molecule has 0 aromatic heterocycles. The van der Waals surface area contributed by atoms with Gasteiger partial charge in [-0.15, -0.1) is 0 Å². The Morgan fingerprint density at radius 1 is 1.20 bits per heavy atom. The molecule has 0 spiro atoms. The van der Waals surface area contributed by atoms with E-state index in [1.807, 2.05) is 0 Å². The maximum absolute atomic E-state index is 5.72. The molecular formula is C11H13Br3O. The van der Waals surface area contributed by atoms with Crippen LogP contribution in [0, 0.1) is 5.92 Å². The van der Waals surface area contributed by atoms with Crippen molar-refractivity contribution in [3.8, 4) is 5.75 Å². The Bertz CT molecular complexity index is 314. The molecule has 84 valence electrons. The largest absolute Gasteiger partial charge is 0.491 e. The zero-order chi connectivity index (χ0) is 11.4. The molecule has 0 atom stereocenters. The Morgan fingerprint density at radius 2 is 1.73 bits per heavy atom. The van der Waals surface area contributed by atoms with Crippen LogP contribution in [-0.4, -0.2) is 6.61 Å². The number of benzene rings is 1. The predicted octanol–water partition coefficient (Wildman–Crippen LogP) is 5.14. The Kier molecular flexibility index (Phi) is 5.64. The quantitative estimate of drug-likeness (QED) is 0.636. The molecule has 0 fully saturated rings. The first kappa shape index (κ1) is 13.5. The molecular weight excluding hydrogens is 388 g/mol. The van der Waals surface area contributed by atoms with Gasteiger partial charge in [0.25, 0.3) is 0 Å². The Hall–Kier alpha value is 0.460. The van der Waals surface area contributed by atoms with Crippen molar-refractivity contribution in [1.29, 1.82) is 0 Å². The Morgan fingerprint density at radius 3 is 2.13 bits per heavy atom. The fourth-order valence-corrected chi connectivity index (χ4v) is 2.91. The van der Waals surface area contributed by atoms with Crippen molar-refractivity contribution in [3.05, 3.63) is 26.6 Å². The van der Waals surface area contributed by atoms with Gasteiger partial charge >= 0.3 is 0 Å². The maximum Gasteiger partial charge on any atom is 0.147 e. The van der Waals surface area contributed by atoms with E-state index in [1.165, 1.54) is 5.56 Å². The van der Waals surface area contributed by atoms with Crippen LogP contribution in [0.2, 0.25) is 0 Å². The van der Waals surface area contributed by atoms with Gasteiger partial charge in [-0.25, -0.2) is 0 Å². The van der Waals surface area contributed by atoms with Crippen LogP contribution < -0.4 is 4.74 Å². The number of hydrogen-bond acceptors (Lipinski definition) is 1. The SMILES string of the molecule is CC(C)COc1c(Br)cc(CBr)cc1Br. The molecule has 0 aliphatic rings. The summed E-state index contributed by atoms with van der Waals surface area (Å²) in [6.07, 6.45) is 0. The van der Waals surface area contributed by atoms with Crippen molar-refractivity contribution in [3.63, 3.8) is 0 Å². The third-order valence-corrected chi connectivity index (χ3v) is 3.60. The second kappa shape index (κ2) is 6.26. The molecule has 0 amide bonds. The molecule has 1 nitrogen and oxygen atoms in total. The normalized spacial score (nSPS) is 10.8. The van der Waals surface area contributed by atoms with Crippen LogP contribution in [0.5, 0.6) is 5.75 Å². The molecule has 0 aliphatic heterocycles. The van der Waals surface area contributed by atoms with Gasteiger partial charge in [0, 0.05) is 5.33 Å². The summed E-state index contributed by atoms with van der Waals surface area (Å²) in [4.78, 5) is 0. The minimum absolute atomic E-state index is 0.527. The summed E-state index contributed by atoms with van der Waals surface area (Å²) in [5.41, 5.74) is 1.21. The molecule has 4 heteroatoms. The van der Waals surface area contributed by atoms with E-state index in [0.29, 0.717) is 5.92 Å². The first-order valence-corrected chi connectivity index (χ1v) is 7.42. The van der Waals surface area contributed by atoms with Crippen molar-refractivity contribution in [2.24, 2.45) is 5.92 Å². The van der Waals surface area contributed by atoms with E-state index in [1.54, 1.807) is 0 Å². The van der Waals surface area contributed by atoms with Crippen LogP contribution in [0.1, 0.15) is 19.4 Å². The smallest absolute Gasteiger partial charge is 0.147 e. The summed E-state index contributed by atoms with van der Waals surface area (Å²) in [6.45, 7) is 4.99. The highest BCUT2D eigenvalue weighted by Gasteiger charge is 2.09. The van der Waals surface area contributed by atoms with Gasteiger partial charge in [0.1, 0.15) is 5.75 Å². The minimum atomic E-state index is 0.527. The van der Waals surface area contributed by atoms with Gasteiger partial charge in [0.05, 0.1) is 15.6 Å². The summed E-state index contributed by atoms with van der Waals surface area (Å²) in [6, 6.07) is 4.13. The van der Waals surface area contributed by atoms with E-state index < -0.39 is 0 Å². The molecule has 0 heterocycles. The summed E-state index contributed by atoms with van der Waals surface area (Å²) < 4.78 is 7.70. The topological polar surface area (TPSA) is 9.23 Å². The summed E-state index contributed by atoms with van der Waals surface area (Å²) in [5.74, 6) is 1.41. The minimum Gasteiger partial charge on any atom is -0.491 e. The molecule has 1 aromatic rings. The molecule has 0 saturated heterocycles. The molecule has 0 N–H and O–H groups in total. The summed E-state index contributed by atoms with van der Waals surface area (Å²) in [7, 11) is 0. The molecule has 0 unspecified atom stereocenters. The van der Waals surface area contributed by atoms with Crippen molar-refractivity contribution in [1.82, 2.24) is 0 Å². The highest BCUT2D eigenvalue weighted by molar-refractivity contribution is 9.11. The van der Waals surface area contributed by atoms with Gasteiger partial charge < -0.3 is 4.74 Å². The van der Waals surface area contributed by atoms with E-state index in [-0.39, 0.29) is 0 Å². The van der Waals surface area contributed by atoms with Crippen molar-refractivity contribution >= 4 is 47.8 Å². The molecule has 15 heavy (non-hydrogen) atoms. The lowest BCUT2D eigenvalue weighted by Gasteiger charge is -2.13. The lowest BCUT2D eigenvalue weighted by Crippen LogP contribution is -2.05. The maximum atomic E-state index is 5.72. The average Bonchev–Trinajstić information content (AvgIpc) is 2.15. The summed E-state index contributed by atoms with van der Waals surface area (Å²) >= 11 is 10.5. The molecule has 1 aromatic carbocycles. The van der Waals surface area contributed by atoms with Crippen LogP contribution in [0.25, 0.3) is 0 Å².